The summed E-state index contributed by atoms with van der Waals surface area (Å²) in [6.07, 6.45) is 0.261. The minimum Gasteiger partial charge on any atom is -0.457 e. The summed E-state index contributed by atoms with van der Waals surface area (Å²) in [6.45, 7) is 10.1. The topological polar surface area (TPSA) is 95.8 Å². The van der Waals surface area contributed by atoms with Gasteiger partial charge in [-0.1, -0.05) is 58.8 Å². The molecule has 0 atom stereocenters. The molecule has 0 N–H and O–H groups in total. The van der Waals surface area contributed by atoms with Gasteiger partial charge in [0.2, 0.25) is 13.2 Å². The van der Waals surface area contributed by atoms with E-state index in [4.69, 9.17) is 19.1 Å². The summed E-state index contributed by atoms with van der Waals surface area (Å²) in [5.41, 5.74) is 3.49. The summed E-state index contributed by atoms with van der Waals surface area (Å²) in [5, 5.41) is 8.53. The molecule has 186 valence electrons. The zero-order valence-corrected chi connectivity index (χ0v) is 21.1. The van der Waals surface area contributed by atoms with Gasteiger partial charge in [-0.15, -0.1) is 0 Å². The molecule has 3 rings (SSSR count). The van der Waals surface area contributed by atoms with Gasteiger partial charge in [-0.25, -0.2) is 9.59 Å². The molecule has 2 aromatic carbocycles. The largest absolute Gasteiger partial charge is 0.457 e. The predicted octanol–water partition coefficient (Wildman–Crippen LogP) is 4.88. The Morgan fingerprint density at radius 2 is 1.00 bits per heavy atom. The zero-order chi connectivity index (χ0) is 25.6. The quantitative estimate of drug-likeness (QED) is 0.432. The van der Waals surface area contributed by atoms with Crippen molar-refractivity contribution in [3.63, 3.8) is 0 Å². The van der Waals surface area contributed by atoms with Crippen LogP contribution in [0.1, 0.15) is 59.1 Å². The van der Waals surface area contributed by atoms with Crippen LogP contribution < -0.4 is 0 Å². The maximum atomic E-state index is 12.1. The third-order valence-corrected chi connectivity index (χ3v) is 4.66. The van der Waals surface area contributed by atoms with Gasteiger partial charge in [0.15, 0.2) is 0 Å². The van der Waals surface area contributed by atoms with Crippen LogP contribution in [-0.2, 0) is 28.7 Å². The summed E-state index contributed by atoms with van der Waals surface area (Å²) in [7, 11) is 0. The van der Waals surface area contributed by atoms with Crippen molar-refractivity contribution in [2.45, 2.75) is 59.2 Å². The van der Waals surface area contributed by atoms with Crippen LogP contribution in [0.15, 0.2) is 58.8 Å². The van der Waals surface area contributed by atoms with Crippen molar-refractivity contribution in [1.29, 1.82) is 0 Å². The van der Waals surface area contributed by atoms with Crippen molar-refractivity contribution >= 4 is 23.4 Å². The number of fused-ring (bicyclic) bond motifs is 3. The summed E-state index contributed by atoms with van der Waals surface area (Å²) in [5.74, 6) is -1.02. The third kappa shape index (κ3) is 7.67. The number of carbonyl (C=O) groups excluding carboxylic acids is 2. The highest BCUT2D eigenvalue weighted by Gasteiger charge is 2.25. The van der Waals surface area contributed by atoms with Gasteiger partial charge in [0.25, 0.3) is 0 Å². The first kappa shape index (κ1) is 25.9. The molecule has 0 bridgehead atoms. The molecule has 0 saturated carbocycles. The summed E-state index contributed by atoms with van der Waals surface area (Å²) < 4.78 is 10.6. The van der Waals surface area contributed by atoms with E-state index in [1.807, 2.05) is 48.5 Å². The molecule has 8 heteroatoms. The average Bonchev–Trinajstić information content (AvgIpc) is 2.87. The Morgan fingerprint density at radius 3 is 1.34 bits per heavy atom. The van der Waals surface area contributed by atoms with Gasteiger partial charge < -0.3 is 19.1 Å². The Hall–Kier alpha value is -3.68. The maximum Gasteiger partial charge on any atom is 0.347 e. The fourth-order valence-electron chi connectivity index (χ4n) is 3.52. The van der Waals surface area contributed by atoms with E-state index in [9.17, 15) is 9.59 Å². The van der Waals surface area contributed by atoms with E-state index in [1.165, 1.54) is 0 Å². The molecule has 0 spiro atoms. The fourth-order valence-corrected chi connectivity index (χ4v) is 3.52. The van der Waals surface area contributed by atoms with Crippen LogP contribution in [0.3, 0.4) is 0 Å². The van der Waals surface area contributed by atoms with Crippen molar-refractivity contribution in [2.75, 3.05) is 13.2 Å². The average molecular weight is 481 g/mol. The van der Waals surface area contributed by atoms with E-state index < -0.39 is 23.1 Å². The Balaban J connectivity index is 1.88. The lowest BCUT2D eigenvalue weighted by atomic mass is 9.96. The van der Waals surface area contributed by atoms with E-state index in [0.29, 0.717) is 11.4 Å². The van der Waals surface area contributed by atoms with Gasteiger partial charge in [-0.3, -0.25) is 0 Å². The van der Waals surface area contributed by atoms with Gasteiger partial charge in [-0.2, -0.15) is 0 Å². The summed E-state index contributed by atoms with van der Waals surface area (Å²) >= 11 is 0. The lowest BCUT2D eigenvalue weighted by molar-refractivity contribution is -0.161. The monoisotopic (exact) mass is 480 g/mol. The second-order valence-electron chi connectivity index (χ2n) is 10.1. The Labute approximate surface area is 205 Å². The lowest BCUT2D eigenvalue weighted by Crippen LogP contribution is -2.26. The summed E-state index contributed by atoms with van der Waals surface area (Å²) in [6, 6.07) is 15.5. The number of benzene rings is 2. The molecule has 0 fully saturated rings. The molecule has 1 aliphatic carbocycles. The molecule has 8 nitrogen and oxygen atoms in total. The molecule has 0 aromatic heterocycles. The molecule has 0 aliphatic heterocycles. The van der Waals surface area contributed by atoms with Gasteiger partial charge in [-0.05, 0) is 52.7 Å². The smallest absolute Gasteiger partial charge is 0.347 e. The molecule has 0 radical (unpaired) electrons. The van der Waals surface area contributed by atoms with Crippen LogP contribution in [0.2, 0.25) is 0 Å². The third-order valence-electron chi connectivity index (χ3n) is 4.66. The number of ether oxygens (including phenoxy) is 2. The van der Waals surface area contributed by atoms with Crippen molar-refractivity contribution in [3.8, 4) is 11.1 Å². The standard InChI is InChI=1S/C27H32N2O6/c1-26(2,3)34-24(30)16-32-28-22-15-23(29-33-17-25(31)35-27(4,5)6)21-14-10-8-12-19(21)18-11-7-9-13-20(18)22/h7-14H,15-17H2,1-6H3. The van der Waals surface area contributed by atoms with Crippen molar-refractivity contribution in [3.05, 3.63) is 59.7 Å². The minimum absolute atomic E-state index is 0.261. The van der Waals surface area contributed by atoms with E-state index >= 15 is 0 Å². The normalized spacial score (nSPS) is 15.6. The van der Waals surface area contributed by atoms with Crippen LogP contribution in [0.4, 0.5) is 0 Å². The van der Waals surface area contributed by atoms with Crippen molar-refractivity contribution < 1.29 is 28.7 Å². The molecule has 1 aliphatic rings. The van der Waals surface area contributed by atoms with E-state index in [-0.39, 0.29) is 19.6 Å². The van der Waals surface area contributed by atoms with Gasteiger partial charge in [0.05, 0.1) is 11.4 Å². The molecule has 0 unspecified atom stereocenters. The zero-order valence-electron chi connectivity index (χ0n) is 21.1. The Bertz CT molecular complexity index is 1050. The predicted molar refractivity (Wildman–Crippen MR) is 133 cm³/mol. The van der Waals surface area contributed by atoms with Crippen LogP contribution >= 0.6 is 0 Å². The molecular weight excluding hydrogens is 448 g/mol. The molecule has 0 saturated heterocycles. The SMILES string of the molecule is CC(C)(C)OC(=O)CON=C1CC(=NOCC(=O)OC(C)(C)C)c2ccccc2-c2ccccc21. The van der Waals surface area contributed by atoms with E-state index in [2.05, 4.69) is 10.3 Å². The highest BCUT2D eigenvalue weighted by molar-refractivity contribution is 6.24. The van der Waals surface area contributed by atoms with Crippen LogP contribution in [0.5, 0.6) is 0 Å². The number of esters is 2. The molecule has 0 heterocycles. The first-order valence-electron chi connectivity index (χ1n) is 11.4. The Kier molecular flexibility index (Phi) is 7.94. The fraction of sp³-hybridized carbons (Fsp3) is 0.407. The number of oxime groups is 2. The second kappa shape index (κ2) is 10.7. The van der Waals surface area contributed by atoms with Crippen molar-refractivity contribution in [1.82, 2.24) is 0 Å². The molecule has 2 aromatic rings. The number of hydrogen-bond donors (Lipinski definition) is 0. The molecular formula is C27H32N2O6. The minimum atomic E-state index is -0.616. The van der Waals surface area contributed by atoms with Crippen LogP contribution in [0, 0.1) is 0 Å². The van der Waals surface area contributed by atoms with Crippen LogP contribution in [-0.4, -0.2) is 47.8 Å². The van der Waals surface area contributed by atoms with Crippen molar-refractivity contribution in [2.24, 2.45) is 10.3 Å². The number of carbonyl (C=O) groups is 2. The summed E-state index contributed by atoms with van der Waals surface area (Å²) in [4.78, 5) is 34.9. The number of rotatable bonds is 6. The van der Waals surface area contributed by atoms with E-state index in [0.717, 1.165) is 22.3 Å². The van der Waals surface area contributed by atoms with Gasteiger partial charge in [0.1, 0.15) is 11.2 Å². The number of nitrogens with zero attached hydrogens (tertiary/aromatic N) is 2. The Morgan fingerprint density at radius 1 is 0.657 bits per heavy atom. The highest BCUT2D eigenvalue weighted by Crippen LogP contribution is 2.33. The lowest BCUT2D eigenvalue weighted by Gasteiger charge is -2.19. The second-order valence-corrected chi connectivity index (χ2v) is 10.1. The highest BCUT2D eigenvalue weighted by atomic mass is 16.7. The van der Waals surface area contributed by atoms with Gasteiger partial charge in [0, 0.05) is 17.5 Å². The van der Waals surface area contributed by atoms with E-state index in [1.54, 1.807) is 41.5 Å². The first-order chi connectivity index (χ1) is 16.4. The van der Waals surface area contributed by atoms with Crippen LogP contribution in [0.25, 0.3) is 11.1 Å². The van der Waals surface area contributed by atoms with Gasteiger partial charge >= 0.3 is 11.9 Å². The first-order valence-corrected chi connectivity index (χ1v) is 11.4. The molecule has 35 heavy (non-hydrogen) atoms. The molecule has 0 amide bonds. The maximum absolute atomic E-state index is 12.1. The number of hydrogen-bond acceptors (Lipinski definition) is 8.